The lowest BCUT2D eigenvalue weighted by molar-refractivity contribution is 0.698. The molecule has 0 aliphatic rings. The highest BCUT2D eigenvalue weighted by Crippen LogP contribution is 2.26. The molecule has 2 rings (SSSR count). The molecule has 2 aromatic carbocycles. The monoisotopic (exact) mass is 234 g/mol. The van der Waals surface area contributed by atoms with Crippen LogP contribution in [0.2, 0.25) is 0 Å². The summed E-state index contributed by atoms with van der Waals surface area (Å²) in [5.74, 6) is 6.25. The zero-order chi connectivity index (χ0) is 13.0. The number of rotatable bonds is 2. The molecular formula is C18H18. The lowest BCUT2D eigenvalue weighted by Crippen LogP contribution is -2.13. The van der Waals surface area contributed by atoms with Gasteiger partial charge in [-0.25, -0.2) is 0 Å². The van der Waals surface area contributed by atoms with Crippen LogP contribution in [-0.4, -0.2) is 0 Å². The summed E-state index contributed by atoms with van der Waals surface area (Å²) in [6.45, 7) is 6.20. The zero-order valence-electron chi connectivity index (χ0n) is 11.2. The molecule has 0 aliphatic carbocycles. The Morgan fingerprint density at radius 2 is 1.33 bits per heavy atom. The maximum absolute atomic E-state index is 3.25. The standard InChI is InChI=1S/C18H18/c1-4-14-18(2,3)17-12-10-16(11-13-17)15-8-6-5-7-9-15/h5-13H,1-3H3. The molecule has 0 aliphatic heterocycles. The topological polar surface area (TPSA) is 0 Å². The molecule has 0 atom stereocenters. The Hall–Kier alpha value is -2.00. The quantitative estimate of drug-likeness (QED) is 0.663. The fourth-order valence-electron chi connectivity index (χ4n) is 2.09. The molecule has 0 aromatic heterocycles. The van der Waals surface area contributed by atoms with Crippen molar-refractivity contribution in [3.8, 4) is 23.0 Å². The van der Waals surface area contributed by atoms with E-state index in [-0.39, 0.29) is 5.41 Å². The average Bonchev–Trinajstić information content (AvgIpc) is 2.40. The molecule has 0 unspecified atom stereocenters. The van der Waals surface area contributed by atoms with Crippen LogP contribution in [0.5, 0.6) is 0 Å². The van der Waals surface area contributed by atoms with Crippen LogP contribution in [0.4, 0.5) is 0 Å². The van der Waals surface area contributed by atoms with Crippen molar-refractivity contribution in [3.05, 3.63) is 60.2 Å². The van der Waals surface area contributed by atoms with Gasteiger partial charge in [-0.3, -0.25) is 0 Å². The molecule has 18 heavy (non-hydrogen) atoms. The highest BCUT2D eigenvalue weighted by atomic mass is 14.2. The summed E-state index contributed by atoms with van der Waals surface area (Å²) in [6.07, 6.45) is 0. The van der Waals surface area contributed by atoms with Crippen molar-refractivity contribution in [2.75, 3.05) is 0 Å². The van der Waals surface area contributed by atoms with E-state index in [1.807, 2.05) is 13.0 Å². The Morgan fingerprint density at radius 1 is 0.778 bits per heavy atom. The summed E-state index contributed by atoms with van der Waals surface area (Å²) >= 11 is 0. The van der Waals surface area contributed by atoms with Crippen LogP contribution < -0.4 is 0 Å². The maximum atomic E-state index is 3.25. The summed E-state index contributed by atoms with van der Waals surface area (Å²) < 4.78 is 0. The van der Waals surface area contributed by atoms with Crippen molar-refractivity contribution in [1.29, 1.82) is 0 Å². The number of hydrogen-bond acceptors (Lipinski definition) is 0. The lowest BCUT2D eigenvalue weighted by atomic mass is 9.84. The van der Waals surface area contributed by atoms with Gasteiger partial charge in [0.15, 0.2) is 0 Å². The summed E-state index contributed by atoms with van der Waals surface area (Å²) in [5, 5.41) is 0. The fraction of sp³-hybridized carbons (Fsp3) is 0.222. The van der Waals surface area contributed by atoms with E-state index in [0.717, 1.165) is 0 Å². The van der Waals surface area contributed by atoms with E-state index in [4.69, 9.17) is 0 Å². The summed E-state index contributed by atoms with van der Waals surface area (Å²) in [6, 6.07) is 19.1. The molecule has 0 N–H and O–H groups in total. The van der Waals surface area contributed by atoms with Gasteiger partial charge < -0.3 is 0 Å². The zero-order valence-corrected chi connectivity index (χ0v) is 11.2. The predicted octanol–water partition coefficient (Wildman–Crippen LogP) is 4.65. The smallest absolute Gasteiger partial charge is 0.0506 e. The van der Waals surface area contributed by atoms with Crippen LogP contribution in [0.15, 0.2) is 54.6 Å². The third-order valence-corrected chi connectivity index (χ3v) is 3.15. The van der Waals surface area contributed by atoms with Crippen LogP contribution in [0.25, 0.3) is 11.1 Å². The second-order valence-electron chi connectivity index (χ2n) is 4.94. The maximum Gasteiger partial charge on any atom is 0.0506 e. The molecule has 90 valence electrons. The third kappa shape index (κ3) is 2.63. The van der Waals surface area contributed by atoms with Gasteiger partial charge in [0, 0.05) is 0 Å². The highest BCUT2D eigenvalue weighted by Gasteiger charge is 2.16. The molecule has 0 spiro atoms. The Balaban J connectivity index is 2.33. The number of benzene rings is 2. The van der Waals surface area contributed by atoms with Gasteiger partial charge in [-0.05, 0) is 37.5 Å². The van der Waals surface area contributed by atoms with E-state index in [1.165, 1.54) is 16.7 Å². The molecule has 0 saturated heterocycles. The van der Waals surface area contributed by atoms with Crippen LogP contribution in [-0.2, 0) is 5.41 Å². The highest BCUT2D eigenvalue weighted by molar-refractivity contribution is 5.63. The SMILES string of the molecule is CC#CC(C)(C)c1ccc(-c2ccccc2)cc1. The first kappa shape index (κ1) is 12.5. The molecule has 0 heterocycles. The molecule has 2 aromatic rings. The van der Waals surface area contributed by atoms with Crippen LogP contribution in [0.3, 0.4) is 0 Å². The van der Waals surface area contributed by atoms with Gasteiger partial charge in [0.1, 0.15) is 0 Å². The molecule has 0 radical (unpaired) electrons. The minimum Gasteiger partial charge on any atom is -0.106 e. The van der Waals surface area contributed by atoms with E-state index >= 15 is 0 Å². The Morgan fingerprint density at radius 3 is 1.89 bits per heavy atom. The van der Waals surface area contributed by atoms with Gasteiger partial charge >= 0.3 is 0 Å². The minimum atomic E-state index is -0.0794. The van der Waals surface area contributed by atoms with E-state index in [1.54, 1.807) is 0 Å². The first-order valence-electron chi connectivity index (χ1n) is 6.23. The first-order chi connectivity index (χ1) is 8.63. The van der Waals surface area contributed by atoms with Gasteiger partial charge in [-0.1, -0.05) is 60.5 Å². The third-order valence-electron chi connectivity index (χ3n) is 3.15. The molecule has 0 bridgehead atoms. The van der Waals surface area contributed by atoms with Crippen LogP contribution in [0, 0.1) is 11.8 Å². The predicted molar refractivity (Wildman–Crippen MR) is 78.4 cm³/mol. The average molecular weight is 234 g/mol. The van der Waals surface area contributed by atoms with Gasteiger partial charge in [0.25, 0.3) is 0 Å². The second-order valence-corrected chi connectivity index (χ2v) is 4.94. The summed E-state index contributed by atoms with van der Waals surface area (Å²) in [4.78, 5) is 0. The van der Waals surface area contributed by atoms with Gasteiger partial charge in [0.05, 0.1) is 5.41 Å². The largest absolute Gasteiger partial charge is 0.106 e. The lowest BCUT2D eigenvalue weighted by Gasteiger charge is -2.18. The van der Waals surface area contributed by atoms with E-state index < -0.39 is 0 Å². The summed E-state index contributed by atoms with van der Waals surface area (Å²) in [5.41, 5.74) is 3.68. The van der Waals surface area contributed by atoms with Gasteiger partial charge in [-0.15, -0.1) is 5.92 Å². The molecule has 0 amide bonds. The van der Waals surface area contributed by atoms with Crippen LogP contribution >= 0.6 is 0 Å². The van der Waals surface area contributed by atoms with Crippen molar-refractivity contribution in [2.45, 2.75) is 26.2 Å². The van der Waals surface area contributed by atoms with Crippen molar-refractivity contribution in [2.24, 2.45) is 0 Å². The summed E-state index contributed by atoms with van der Waals surface area (Å²) in [7, 11) is 0. The molecule has 0 fully saturated rings. The Kier molecular flexibility index (Phi) is 3.53. The van der Waals surface area contributed by atoms with Crippen molar-refractivity contribution in [1.82, 2.24) is 0 Å². The van der Waals surface area contributed by atoms with Gasteiger partial charge in [0.2, 0.25) is 0 Å². The molecule has 0 nitrogen and oxygen atoms in total. The van der Waals surface area contributed by atoms with Crippen molar-refractivity contribution in [3.63, 3.8) is 0 Å². The fourth-order valence-corrected chi connectivity index (χ4v) is 2.09. The molecular weight excluding hydrogens is 216 g/mol. The Labute approximate surface area is 110 Å². The van der Waals surface area contributed by atoms with Crippen molar-refractivity contribution < 1.29 is 0 Å². The van der Waals surface area contributed by atoms with Gasteiger partial charge in [-0.2, -0.15) is 0 Å². The number of hydrogen-bond donors (Lipinski definition) is 0. The van der Waals surface area contributed by atoms with E-state index in [9.17, 15) is 0 Å². The Bertz CT molecular complexity index is 563. The van der Waals surface area contributed by atoms with E-state index in [0.29, 0.717) is 0 Å². The van der Waals surface area contributed by atoms with Crippen LogP contribution in [0.1, 0.15) is 26.3 Å². The van der Waals surface area contributed by atoms with E-state index in [2.05, 4.69) is 74.2 Å². The molecule has 0 heteroatoms. The minimum absolute atomic E-state index is 0.0794. The normalized spacial score (nSPS) is 10.6. The molecule has 0 saturated carbocycles. The van der Waals surface area contributed by atoms with Crippen molar-refractivity contribution >= 4 is 0 Å². The second kappa shape index (κ2) is 5.10. The first-order valence-corrected chi connectivity index (χ1v) is 6.23.